The maximum atomic E-state index is 14.8. The third kappa shape index (κ3) is 6.26. The van der Waals surface area contributed by atoms with Gasteiger partial charge in [0.05, 0.1) is 35.5 Å². The molecule has 0 aliphatic rings. The Morgan fingerprint density at radius 2 is 2.03 bits per heavy atom. The molecule has 0 spiro atoms. The van der Waals surface area contributed by atoms with Gasteiger partial charge in [-0.15, -0.1) is 11.7 Å². The summed E-state index contributed by atoms with van der Waals surface area (Å²) in [5.74, 6) is -1.65. The van der Waals surface area contributed by atoms with Crippen molar-refractivity contribution in [1.29, 1.82) is 0 Å². The molecule has 2 aromatic carbocycles. The van der Waals surface area contributed by atoms with Crippen LogP contribution in [0.2, 0.25) is 0 Å². The van der Waals surface area contributed by atoms with E-state index in [1.54, 1.807) is 35.4 Å². The van der Waals surface area contributed by atoms with Crippen molar-refractivity contribution in [2.75, 3.05) is 13.1 Å². The lowest BCUT2D eigenvalue weighted by atomic mass is 9.92. The summed E-state index contributed by atoms with van der Waals surface area (Å²) < 4.78 is 31.2. The van der Waals surface area contributed by atoms with E-state index in [9.17, 15) is 24.0 Å². The van der Waals surface area contributed by atoms with Gasteiger partial charge in [0.15, 0.2) is 0 Å². The lowest BCUT2D eigenvalue weighted by Crippen LogP contribution is -2.44. The van der Waals surface area contributed by atoms with Gasteiger partial charge in [0.2, 0.25) is 0 Å². The van der Waals surface area contributed by atoms with Gasteiger partial charge in [0.25, 0.3) is 5.69 Å². The molecule has 1 N–H and O–H groups in total. The van der Waals surface area contributed by atoms with Gasteiger partial charge in [0, 0.05) is 37.3 Å². The highest BCUT2D eigenvalue weighted by Gasteiger charge is 2.35. The number of hydrogen-bond donors (Lipinski definition) is 1. The molecule has 4 aromatic rings. The largest absolute Gasteiger partial charge is 0.382 e. The van der Waals surface area contributed by atoms with E-state index in [1.807, 2.05) is 0 Å². The van der Waals surface area contributed by atoms with E-state index in [4.69, 9.17) is 0 Å². The molecule has 11 nitrogen and oxygen atoms in total. The summed E-state index contributed by atoms with van der Waals surface area (Å²) in [6, 6.07) is 9.36. The van der Waals surface area contributed by atoms with Crippen LogP contribution in [0.4, 0.5) is 14.5 Å². The predicted octanol–water partition coefficient (Wildman–Crippen LogP) is 2.68. The van der Waals surface area contributed by atoms with Crippen LogP contribution in [-0.4, -0.2) is 57.8 Å². The van der Waals surface area contributed by atoms with E-state index in [1.165, 1.54) is 34.2 Å². The maximum absolute atomic E-state index is 14.8. The first-order valence-electron chi connectivity index (χ1n) is 11.2. The van der Waals surface area contributed by atoms with Gasteiger partial charge in [-0.25, -0.2) is 23.1 Å². The molecule has 2 aromatic heterocycles. The van der Waals surface area contributed by atoms with E-state index in [-0.39, 0.29) is 37.4 Å². The third-order valence-corrected chi connectivity index (χ3v) is 5.69. The van der Waals surface area contributed by atoms with Crippen molar-refractivity contribution >= 4 is 5.69 Å². The van der Waals surface area contributed by atoms with E-state index < -0.39 is 22.2 Å². The quantitative estimate of drug-likeness (QED) is 0.175. The second-order valence-corrected chi connectivity index (χ2v) is 8.50. The Kier molecular flexibility index (Phi) is 7.74. The molecule has 0 saturated carbocycles. The molecule has 1 atom stereocenters. The average Bonchev–Trinajstić information content (AvgIpc) is 3.51. The number of aromatic nitrogens is 6. The molecule has 0 saturated heterocycles. The number of benzene rings is 2. The first-order valence-corrected chi connectivity index (χ1v) is 11.2. The van der Waals surface area contributed by atoms with Gasteiger partial charge in [-0.1, -0.05) is 35.6 Å². The van der Waals surface area contributed by atoms with Gasteiger partial charge < -0.3 is 5.11 Å². The molecular weight excluding hydrogens is 486 g/mol. The molecule has 0 fully saturated rings. The van der Waals surface area contributed by atoms with Crippen LogP contribution >= 0.6 is 0 Å². The van der Waals surface area contributed by atoms with Crippen molar-refractivity contribution < 1.29 is 18.8 Å². The number of rotatable bonds is 12. The Morgan fingerprint density at radius 1 is 1.22 bits per heavy atom. The molecular formula is C24H24F2N8O3. The van der Waals surface area contributed by atoms with Crippen molar-refractivity contribution in [1.82, 2.24) is 34.7 Å². The van der Waals surface area contributed by atoms with Crippen LogP contribution in [0.15, 0.2) is 74.0 Å². The molecule has 2 heterocycles. The number of hydrogen-bond acceptors (Lipinski definition) is 8. The average molecular weight is 511 g/mol. The van der Waals surface area contributed by atoms with Crippen molar-refractivity contribution in [2.24, 2.45) is 0 Å². The van der Waals surface area contributed by atoms with Gasteiger partial charge in [0.1, 0.15) is 29.9 Å². The number of nitro benzene ring substituents is 1. The van der Waals surface area contributed by atoms with Crippen LogP contribution in [0.5, 0.6) is 0 Å². The maximum Gasteiger partial charge on any atom is 0.274 e. The van der Waals surface area contributed by atoms with Crippen LogP contribution < -0.4 is 0 Å². The fourth-order valence-electron chi connectivity index (χ4n) is 4.12. The zero-order valence-electron chi connectivity index (χ0n) is 19.7. The second kappa shape index (κ2) is 11.1. The van der Waals surface area contributed by atoms with Gasteiger partial charge in [-0.2, -0.15) is 5.10 Å². The standard InChI is InChI=1S/C24H24F2N8O3/c1-2-9-31(12-20-13-32(30-29-20)11-18-5-3-4-6-23(18)34(36)37)14-24(35,15-33-17-27-16-28-33)21-8-7-19(25)10-22(21)26/h2-8,10,13,16-17,35H,1,9,11-12,14-15H2. The summed E-state index contributed by atoms with van der Waals surface area (Å²) in [6.07, 6.45) is 5.94. The number of halogens is 2. The number of aliphatic hydroxyl groups is 1. The predicted molar refractivity (Wildman–Crippen MR) is 128 cm³/mol. The van der Waals surface area contributed by atoms with E-state index in [0.29, 0.717) is 23.9 Å². The first kappa shape index (κ1) is 25.7. The highest BCUT2D eigenvalue weighted by atomic mass is 19.1. The van der Waals surface area contributed by atoms with Crippen LogP contribution in [0.1, 0.15) is 16.8 Å². The zero-order valence-corrected chi connectivity index (χ0v) is 19.7. The van der Waals surface area contributed by atoms with E-state index >= 15 is 0 Å². The monoisotopic (exact) mass is 510 g/mol. The summed E-state index contributed by atoms with van der Waals surface area (Å²) in [5, 5.41) is 35.2. The van der Waals surface area contributed by atoms with Crippen LogP contribution in [0.3, 0.4) is 0 Å². The molecule has 0 aliphatic carbocycles. The molecule has 37 heavy (non-hydrogen) atoms. The minimum Gasteiger partial charge on any atom is -0.382 e. The Balaban J connectivity index is 1.56. The molecule has 0 amide bonds. The van der Waals surface area contributed by atoms with Crippen LogP contribution in [-0.2, 0) is 25.2 Å². The summed E-state index contributed by atoms with van der Waals surface area (Å²) in [4.78, 5) is 16.5. The lowest BCUT2D eigenvalue weighted by molar-refractivity contribution is -0.385. The Labute approximate surface area is 210 Å². The Hall–Kier alpha value is -4.36. The van der Waals surface area contributed by atoms with E-state index in [0.717, 1.165) is 6.07 Å². The minimum atomic E-state index is -1.81. The molecule has 0 aliphatic heterocycles. The SMILES string of the molecule is C=CCN(Cc1cn(Cc2ccccc2[N+](=O)[O-])nn1)CC(O)(Cn1cncn1)c1ccc(F)cc1F. The molecule has 1 unspecified atom stereocenters. The van der Waals surface area contributed by atoms with Crippen molar-refractivity contribution in [2.45, 2.75) is 25.2 Å². The van der Waals surface area contributed by atoms with Crippen LogP contribution in [0.25, 0.3) is 0 Å². The zero-order chi connectivity index (χ0) is 26.4. The Bertz CT molecular complexity index is 1380. The van der Waals surface area contributed by atoms with Gasteiger partial charge in [-0.3, -0.25) is 15.0 Å². The number of para-hydroxylation sites is 1. The number of nitrogens with zero attached hydrogens (tertiary/aromatic N) is 8. The summed E-state index contributed by atoms with van der Waals surface area (Å²) in [5.41, 5.74) is -0.940. The highest BCUT2D eigenvalue weighted by Crippen LogP contribution is 2.28. The smallest absolute Gasteiger partial charge is 0.274 e. The van der Waals surface area contributed by atoms with Crippen molar-refractivity contribution in [3.05, 3.63) is 113 Å². The minimum absolute atomic E-state index is 0.0210. The molecule has 0 radical (unpaired) electrons. The lowest BCUT2D eigenvalue weighted by Gasteiger charge is -2.34. The van der Waals surface area contributed by atoms with Crippen molar-refractivity contribution in [3.63, 3.8) is 0 Å². The van der Waals surface area contributed by atoms with E-state index in [2.05, 4.69) is 27.0 Å². The fraction of sp³-hybridized carbons (Fsp3) is 0.250. The Morgan fingerprint density at radius 3 is 2.73 bits per heavy atom. The van der Waals surface area contributed by atoms with Gasteiger partial charge >= 0.3 is 0 Å². The molecule has 192 valence electrons. The molecule has 13 heteroatoms. The van der Waals surface area contributed by atoms with Crippen molar-refractivity contribution in [3.8, 4) is 0 Å². The highest BCUT2D eigenvalue weighted by molar-refractivity contribution is 5.39. The first-order chi connectivity index (χ1) is 17.8. The third-order valence-electron chi connectivity index (χ3n) is 5.69. The fourth-order valence-corrected chi connectivity index (χ4v) is 4.12. The summed E-state index contributed by atoms with van der Waals surface area (Å²) in [7, 11) is 0. The summed E-state index contributed by atoms with van der Waals surface area (Å²) in [6.45, 7) is 4.17. The molecule has 4 rings (SSSR count). The molecule has 0 bridgehead atoms. The summed E-state index contributed by atoms with van der Waals surface area (Å²) >= 11 is 0. The number of nitro groups is 1. The normalized spacial score (nSPS) is 13.0. The van der Waals surface area contributed by atoms with Gasteiger partial charge in [-0.05, 0) is 6.07 Å². The van der Waals surface area contributed by atoms with Crippen LogP contribution in [0, 0.1) is 21.7 Å². The second-order valence-electron chi connectivity index (χ2n) is 8.50. The topological polar surface area (TPSA) is 128 Å².